The van der Waals surface area contributed by atoms with Gasteiger partial charge in [0.2, 0.25) is 0 Å². The number of aromatic amines is 1. The average molecular weight is 508 g/mol. The number of hydrogen-bond acceptors (Lipinski definition) is 7. The molecule has 4 aromatic rings. The Kier molecular flexibility index (Phi) is 6.79. The molecular formula is C28H22FN7O2. The van der Waals surface area contributed by atoms with Crippen molar-refractivity contribution in [2.45, 2.75) is 13.3 Å². The fourth-order valence-electron chi connectivity index (χ4n) is 4.49. The highest BCUT2D eigenvalue weighted by molar-refractivity contribution is 5.95. The van der Waals surface area contributed by atoms with Gasteiger partial charge in [0, 0.05) is 43.5 Å². The number of carbonyl (C=O) groups excluding carboxylic acids is 1. The molecule has 3 heterocycles. The van der Waals surface area contributed by atoms with Gasteiger partial charge in [-0.15, -0.1) is 5.92 Å². The van der Waals surface area contributed by atoms with Crippen molar-refractivity contribution in [1.29, 1.82) is 5.26 Å². The second-order valence-corrected chi connectivity index (χ2v) is 8.78. The number of halogens is 1. The zero-order chi connectivity index (χ0) is 26.6. The average Bonchev–Trinajstić information content (AvgIpc) is 2.95. The highest BCUT2D eigenvalue weighted by Gasteiger charge is 2.25. The SMILES string of the molecule is CC#Cc1ccc2c(=O)[nH]nc(Cc3ccc(F)c(C(=O)N4CCN(c5cncc(C#N)n5)CC4)c3)c2c1. The van der Waals surface area contributed by atoms with Crippen LogP contribution < -0.4 is 10.5 Å². The van der Waals surface area contributed by atoms with Crippen molar-refractivity contribution in [3.8, 4) is 17.9 Å². The first-order valence-electron chi connectivity index (χ1n) is 12.0. The van der Waals surface area contributed by atoms with Crippen molar-refractivity contribution < 1.29 is 9.18 Å². The van der Waals surface area contributed by atoms with Crippen LogP contribution in [0.2, 0.25) is 0 Å². The summed E-state index contributed by atoms with van der Waals surface area (Å²) in [6.45, 7) is 3.43. The number of rotatable bonds is 4. The summed E-state index contributed by atoms with van der Waals surface area (Å²) < 4.78 is 14.8. The van der Waals surface area contributed by atoms with Gasteiger partial charge in [0.1, 0.15) is 17.7 Å². The van der Waals surface area contributed by atoms with Gasteiger partial charge >= 0.3 is 0 Å². The molecule has 1 aliphatic heterocycles. The Bertz CT molecular complexity index is 1710. The van der Waals surface area contributed by atoms with Crippen molar-refractivity contribution in [2.24, 2.45) is 0 Å². The zero-order valence-electron chi connectivity index (χ0n) is 20.5. The van der Waals surface area contributed by atoms with E-state index in [1.54, 1.807) is 42.3 Å². The molecule has 0 atom stereocenters. The van der Waals surface area contributed by atoms with E-state index in [1.165, 1.54) is 12.3 Å². The van der Waals surface area contributed by atoms with E-state index in [-0.39, 0.29) is 16.8 Å². The third-order valence-electron chi connectivity index (χ3n) is 6.40. The zero-order valence-corrected chi connectivity index (χ0v) is 20.5. The minimum Gasteiger partial charge on any atom is -0.352 e. The lowest BCUT2D eigenvalue weighted by molar-refractivity contribution is 0.0741. The first kappa shape index (κ1) is 24.6. The van der Waals surface area contributed by atoms with E-state index in [9.17, 15) is 14.0 Å². The van der Waals surface area contributed by atoms with Crippen molar-refractivity contribution in [2.75, 3.05) is 31.1 Å². The summed E-state index contributed by atoms with van der Waals surface area (Å²) in [5.74, 6) is 5.39. The lowest BCUT2D eigenvalue weighted by Gasteiger charge is -2.35. The molecule has 38 heavy (non-hydrogen) atoms. The van der Waals surface area contributed by atoms with Crippen LogP contribution in [0.25, 0.3) is 10.8 Å². The monoisotopic (exact) mass is 507 g/mol. The molecule has 0 unspecified atom stereocenters. The molecule has 1 saturated heterocycles. The normalized spacial score (nSPS) is 13.1. The fraction of sp³-hybridized carbons (Fsp3) is 0.214. The van der Waals surface area contributed by atoms with E-state index in [0.29, 0.717) is 60.4 Å². The van der Waals surface area contributed by atoms with E-state index in [0.717, 1.165) is 5.56 Å². The van der Waals surface area contributed by atoms with Crippen molar-refractivity contribution in [3.63, 3.8) is 0 Å². The first-order chi connectivity index (χ1) is 18.5. The number of carbonyl (C=O) groups is 1. The fourth-order valence-corrected chi connectivity index (χ4v) is 4.49. The van der Waals surface area contributed by atoms with Crippen molar-refractivity contribution in [3.05, 3.63) is 93.0 Å². The number of anilines is 1. The molecule has 0 aliphatic carbocycles. The molecule has 1 aliphatic rings. The Hall–Kier alpha value is -5.09. The molecule has 10 heteroatoms. The summed E-state index contributed by atoms with van der Waals surface area (Å²) in [5, 5.41) is 16.9. The molecule has 1 amide bonds. The first-order valence-corrected chi connectivity index (χ1v) is 12.0. The summed E-state index contributed by atoms with van der Waals surface area (Å²) in [4.78, 5) is 37.4. The predicted molar refractivity (Wildman–Crippen MR) is 139 cm³/mol. The quantitative estimate of drug-likeness (QED) is 0.422. The number of amides is 1. The predicted octanol–water partition coefficient (Wildman–Crippen LogP) is 2.65. The van der Waals surface area contributed by atoms with Gasteiger partial charge in [-0.05, 0) is 42.8 Å². The molecule has 2 aromatic heterocycles. The second-order valence-electron chi connectivity index (χ2n) is 8.78. The number of aromatic nitrogens is 4. The Morgan fingerprint density at radius 2 is 1.92 bits per heavy atom. The molecule has 1 fully saturated rings. The summed E-state index contributed by atoms with van der Waals surface area (Å²) in [6, 6.07) is 11.7. The molecular weight excluding hydrogens is 485 g/mol. The lowest BCUT2D eigenvalue weighted by Crippen LogP contribution is -2.49. The second kappa shape index (κ2) is 10.5. The number of nitrogens with zero attached hydrogens (tertiary/aromatic N) is 6. The highest BCUT2D eigenvalue weighted by atomic mass is 19.1. The number of hydrogen-bond donors (Lipinski definition) is 1. The third-order valence-corrected chi connectivity index (χ3v) is 6.40. The molecule has 188 valence electrons. The van der Waals surface area contributed by atoms with Gasteiger partial charge in [-0.2, -0.15) is 10.4 Å². The summed E-state index contributed by atoms with van der Waals surface area (Å²) >= 11 is 0. The van der Waals surface area contributed by atoms with Crippen LogP contribution in [0.1, 0.15) is 39.8 Å². The van der Waals surface area contributed by atoms with Crippen molar-refractivity contribution >= 4 is 22.5 Å². The molecule has 0 saturated carbocycles. The maximum Gasteiger partial charge on any atom is 0.272 e. The number of H-pyrrole nitrogens is 1. The Morgan fingerprint density at radius 1 is 1.11 bits per heavy atom. The molecule has 5 rings (SSSR count). The summed E-state index contributed by atoms with van der Waals surface area (Å²) in [5.41, 5.74) is 1.93. The maximum absolute atomic E-state index is 14.8. The molecule has 0 radical (unpaired) electrons. The largest absolute Gasteiger partial charge is 0.352 e. The molecule has 0 spiro atoms. The summed E-state index contributed by atoms with van der Waals surface area (Å²) in [6.07, 6.45) is 3.26. The minimum absolute atomic E-state index is 0.0199. The van der Waals surface area contributed by atoms with E-state index in [2.05, 4.69) is 32.0 Å². The molecule has 9 nitrogen and oxygen atoms in total. The number of benzene rings is 2. The van der Waals surface area contributed by atoms with Gasteiger partial charge in [-0.25, -0.2) is 14.5 Å². The molecule has 2 aromatic carbocycles. The number of piperazine rings is 1. The van der Waals surface area contributed by atoms with Crippen LogP contribution in [0, 0.1) is 29.0 Å². The topological polar surface area (TPSA) is 119 Å². The van der Waals surface area contributed by atoms with Crippen LogP contribution in [-0.2, 0) is 6.42 Å². The van der Waals surface area contributed by atoms with E-state index in [1.807, 2.05) is 17.0 Å². The van der Waals surface area contributed by atoms with Crippen LogP contribution in [-0.4, -0.2) is 57.2 Å². The van der Waals surface area contributed by atoms with Crippen LogP contribution >= 0.6 is 0 Å². The smallest absolute Gasteiger partial charge is 0.272 e. The van der Waals surface area contributed by atoms with Gasteiger partial charge in [0.15, 0.2) is 5.69 Å². The van der Waals surface area contributed by atoms with E-state index < -0.39 is 11.7 Å². The Labute approximate surface area is 217 Å². The number of fused-ring (bicyclic) bond motifs is 1. The van der Waals surface area contributed by atoms with Crippen LogP contribution in [0.4, 0.5) is 10.2 Å². The van der Waals surface area contributed by atoms with Gasteiger partial charge in [-0.1, -0.05) is 12.0 Å². The van der Waals surface area contributed by atoms with Crippen LogP contribution in [0.5, 0.6) is 0 Å². The van der Waals surface area contributed by atoms with Crippen molar-refractivity contribution in [1.82, 2.24) is 25.1 Å². The van der Waals surface area contributed by atoms with Crippen LogP contribution in [0.15, 0.2) is 53.6 Å². The Morgan fingerprint density at radius 3 is 2.68 bits per heavy atom. The number of nitriles is 1. The van der Waals surface area contributed by atoms with E-state index in [4.69, 9.17) is 5.26 Å². The maximum atomic E-state index is 14.8. The van der Waals surface area contributed by atoms with Gasteiger partial charge in [0.05, 0.1) is 29.0 Å². The number of nitrogens with one attached hydrogen (secondary N) is 1. The van der Waals surface area contributed by atoms with Crippen LogP contribution in [0.3, 0.4) is 0 Å². The van der Waals surface area contributed by atoms with Gasteiger partial charge < -0.3 is 9.80 Å². The highest BCUT2D eigenvalue weighted by Crippen LogP contribution is 2.21. The molecule has 1 N–H and O–H groups in total. The van der Waals surface area contributed by atoms with Gasteiger partial charge in [-0.3, -0.25) is 14.6 Å². The van der Waals surface area contributed by atoms with Gasteiger partial charge in [0.25, 0.3) is 11.5 Å². The third kappa shape index (κ3) is 4.93. The summed E-state index contributed by atoms with van der Waals surface area (Å²) in [7, 11) is 0. The standard InChI is InChI=1S/C28H22FN7O2/c1-2-3-18-4-6-21-22(12-18)25(33-34-27(21)37)14-19-5-7-24(29)23(13-19)28(38)36-10-8-35(9-11-36)26-17-31-16-20(15-30)32-26/h4-7,12-13,16-17H,8-11,14H2,1H3,(H,34,37). The van der Waals surface area contributed by atoms with E-state index >= 15 is 0 Å². The lowest BCUT2D eigenvalue weighted by atomic mass is 10.0. The molecule has 0 bridgehead atoms. The Balaban J connectivity index is 1.36. The minimum atomic E-state index is -0.603.